The fraction of sp³-hybridized carbons (Fsp3) is 1.00. The van der Waals surface area contributed by atoms with Crippen LogP contribution < -0.4 is 0 Å². The minimum atomic E-state index is 0.497. The summed E-state index contributed by atoms with van der Waals surface area (Å²) in [4.78, 5) is 2.65. The second kappa shape index (κ2) is 4.00. The zero-order valence-corrected chi connectivity index (χ0v) is 9.93. The predicted octanol–water partition coefficient (Wildman–Crippen LogP) is 3.15. The maximum absolute atomic E-state index is 2.65. The smallest absolute Gasteiger partial charge is 0.00959 e. The van der Waals surface area contributed by atoms with Gasteiger partial charge in [0.1, 0.15) is 0 Å². The number of rotatable bonds is 2. The van der Waals surface area contributed by atoms with E-state index in [1.165, 1.54) is 25.9 Å². The summed E-state index contributed by atoms with van der Waals surface area (Å²) in [5.41, 5.74) is 0.497. The van der Waals surface area contributed by atoms with Gasteiger partial charge < -0.3 is 4.90 Å². The molecule has 0 spiro atoms. The molecule has 0 aromatic carbocycles. The Morgan fingerprint density at radius 2 is 1.85 bits per heavy atom. The van der Waals surface area contributed by atoms with E-state index in [2.05, 4.69) is 39.5 Å². The molecule has 0 aromatic rings. The van der Waals surface area contributed by atoms with Gasteiger partial charge in [0, 0.05) is 12.6 Å². The molecule has 13 heavy (non-hydrogen) atoms. The molecule has 0 radical (unpaired) electrons. The second-order valence-electron chi connectivity index (χ2n) is 5.45. The van der Waals surface area contributed by atoms with Crippen LogP contribution in [0.2, 0.25) is 0 Å². The summed E-state index contributed by atoms with van der Waals surface area (Å²) >= 11 is 0. The van der Waals surface area contributed by atoms with Crippen molar-refractivity contribution in [3.8, 4) is 0 Å². The average Bonchev–Trinajstić information content (AvgIpc) is 2.45. The van der Waals surface area contributed by atoms with Crippen LogP contribution in [-0.4, -0.2) is 24.0 Å². The van der Waals surface area contributed by atoms with Gasteiger partial charge in [0.2, 0.25) is 0 Å². The number of hydrogen-bond acceptors (Lipinski definition) is 1. The highest BCUT2D eigenvalue weighted by Gasteiger charge is 2.36. The Labute approximate surface area is 83.5 Å². The van der Waals surface area contributed by atoms with Crippen molar-refractivity contribution in [2.75, 3.05) is 13.1 Å². The van der Waals surface area contributed by atoms with E-state index < -0.39 is 0 Å². The molecule has 0 amide bonds. The van der Waals surface area contributed by atoms with Gasteiger partial charge in [-0.05, 0) is 30.7 Å². The highest BCUT2D eigenvalue weighted by molar-refractivity contribution is 4.89. The van der Waals surface area contributed by atoms with Crippen molar-refractivity contribution in [1.29, 1.82) is 0 Å². The number of nitrogens with zero attached hydrogens (tertiary/aromatic N) is 1. The quantitative estimate of drug-likeness (QED) is 0.635. The lowest BCUT2D eigenvalue weighted by molar-refractivity contribution is 0.224. The summed E-state index contributed by atoms with van der Waals surface area (Å²) < 4.78 is 0. The molecule has 0 saturated carbocycles. The maximum atomic E-state index is 2.65. The first-order valence-electron chi connectivity index (χ1n) is 5.73. The van der Waals surface area contributed by atoms with Crippen LogP contribution in [0.1, 0.15) is 47.5 Å². The van der Waals surface area contributed by atoms with Crippen LogP contribution in [0.15, 0.2) is 0 Å². The summed E-state index contributed by atoms with van der Waals surface area (Å²) in [5, 5.41) is 0. The first kappa shape index (κ1) is 11.0. The third kappa shape index (κ3) is 2.46. The van der Waals surface area contributed by atoms with Crippen LogP contribution in [0.5, 0.6) is 0 Å². The van der Waals surface area contributed by atoms with Crippen molar-refractivity contribution in [3.63, 3.8) is 0 Å². The van der Waals surface area contributed by atoms with E-state index in [0.29, 0.717) is 5.41 Å². The van der Waals surface area contributed by atoms with Gasteiger partial charge in [0.15, 0.2) is 0 Å². The van der Waals surface area contributed by atoms with Gasteiger partial charge in [-0.1, -0.05) is 34.6 Å². The Kier molecular flexibility index (Phi) is 3.39. The van der Waals surface area contributed by atoms with E-state index in [4.69, 9.17) is 0 Å². The lowest BCUT2D eigenvalue weighted by Gasteiger charge is -2.26. The van der Waals surface area contributed by atoms with Crippen LogP contribution in [-0.2, 0) is 0 Å². The third-order valence-electron chi connectivity index (χ3n) is 3.63. The normalized spacial score (nSPS) is 31.2. The molecule has 1 rings (SSSR count). The zero-order chi connectivity index (χ0) is 10.1. The minimum Gasteiger partial charge on any atom is -0.300 e. The van der Waals surface area contributed by atoms with E-state index in [1.807, 2.05) is 0 Å². The predicted molar refractivity (Wildman–Crippen MR) is 58.9 cm³/mol. The van der Waals surface area contributed by atoms with Crippen LogP contribution in [0.4, 0.5) is 0 Å². The van der Waals surface area contributed by atoms with Gasteiger partial charge in [0.05, 0.1) is 0 Å². The van der Waals surface area contributed by atoms with Gasteiger partial charge in [0.25, 0.3) is 0 Å². The molecule has 78 valence electrons. The van der Waals surface area contributed by atoms with Crippen LogP contribution in [0, 0.1) is 11.3 Å². The SMILES string of the molecule is CCC1CC(C(C)(C)C)CN1CC. The molecule has 2 atom stereocenters. The van der Waals surface area contributed by atoms with Gasteiger partial charge in [-0.25, -0.2) is 0 Å². The molecule has 1 fully saturated rings. The third-order valence-corrected chi connectivity index (χ3v) is 3.63. The lowest BCUT2D eigenvalue weighted by atomic mass is 9.79. The molecule has 0 aromatic heterocycles. The molecule has 2 unspecified atom stereocenters. The van der Waals surface area contributed by atoms with Gasteiger partial charge in [-0.3, -0.25) is 0 Å². The van der Waals surface area contributed by atoms with Gasteiger partial charge in [-0.15, -0.1) is 0 Å². The van der Waals surface area contributed by atoms with E-state index in [9.17, 15) is 0 Å². The number of hydrogen-bond donors (Lipinski definition) is 0. The van der Waals surface area contributed by atoms with Gasteiger partial charge in [-0.2, -0.15) is 0 Å². The standard InChI is InChI=1S/C12H25N/c1-6-11-8-10(12(3,4)5)9-13(11)7-2/h10-11H,6-9H2,1-5H3. The highest BCUT2D eigenvalue weighted by atomic mass is 15.2. The fourth-order valence-electron chi connectivity index (χ4n) is 2.42. The maximum Gasteiger partial charge on any atom is 0.00959 e. The van der Waals surface area contributed by atoms with Gasteiger partial charge >= 0.3 is 0 Å². The summed E-state index contributed by atoms with van der Waals surface area (Å²) in [6, 6.07) is 0.856. The summed E-state index contributed by atoms with van der Waals surface area (Å²) in [6.45, 7) is 14.3. The van der Waals surface area contributed by atoms with E-state index in [-0.39, 0.29) is 0 Å². The van der Waals surface area contributed by atoms with E-state index in [1.54, 1.807) is 0 Å². The molecule has 1 aliphatic rings. The van der Waals surface area contributed by atoms with Crippen molar-refractivity contribution in [2.24, 2.45) is 11.3 Å². The summed E-state index contributed by atoms with van der Waals surface area (Å²) in [6.07, 6.45) is 2.73. The molecular weight excluding hydrogens is 158 g/mol. The highest BCUT2D eigenvalue weighted by Crippen LogP contribution is 2.37. The Morgan fingerprint density at radius 3 is 2.15 bits per heavy atom. The van der Waals surface area contributed by atoms with Crippen LogP contribution in [0.3, 0.4) is 0 Å². The van der Waals surface area contributed by atoms with Crippen molar-refractivity contribution in [3.05, 3.63) is 0 Å². The van der Waals surface area contributed by atoms with Crippen molar-refractivity contribution < 1.29 is 0 Å². The summed E-state index contributed by atoms with van der Waals surface area (Å²) in [7, 11) is 0. The number of likely N-dealkylation sites (tertiary alicyclic amines) is 1. The topological polar surface area (TPSA) is 3.24 Å². The average molecular weight is 183 g/mol. The largest absolute Gasteiger partial charge is 0.300 e. The minimum absolute atomic E-state index is 0.497. The van der Waals surface area contributed by atoms with E-state index >= 15 is 0 Å². The lowest BCUT2D eigenvalue weighted by Crippen LogP contribution is -2.29. The monoisotopic (exact) mass is 183 g/mol. The molecule has 0 bridgehead atoms. The van der Waals surface area contributed by atoms with Crippen LogP contribution in [0.25, 0.3) is 0 Å². The second-order valence-corrected chi connectivity index (χ2v) is 5.45. The molecular formula is C12H25N. The van der Waals surface area contributed by atoms with Crippen molar-refractivity contribution in [1.82, 2.24) is 4.90 Å². The molecule has 1 heterocycles. The molecule has 1 nitrogen and oxygen atoms in total. The van der Waals surface area contributed by atoms with Crippen molar-refractivity contribution >= 4 is 0 Å². The first-order chi connectivity index (χ1) is 5.99. The van der Waals surface area contributed by atoms with Crippen molar-refractivity contribution in [2.45, 2.75) is 53.5 Å². The Hall–Kier alpha value is -0.0400. The molecule has 1 saturated heterocycles. The molecule has 1 aliphatic heterocycles. The molecule has 0 N–H and O–H groups in total. The molecule has 0 aliphatic carbocycles. The van der Waals surface area contributed by atoms with E-state index in [0.717, 1.165) is 12.0 Å². The van der Waals surface area contributed by atoms with Crippen LogP contribution >= 0.6 is 0 Å². The fourth-order valence-corrected chi connectivity index (χ4v) is 2.42. The zero-order valence-electron chi connectivity index (χ0n) is 9.93. The first-order valence-corrected chi connectivity index (χ1v) is 5.73. The Morgan fingerprint density at radius 1 is 1.23 bits per heavy atom. The molecule has 1 heteroatoms. The summed E-state index contributed by atoms with van der Waals surface area (Å²) in [5.74, 6) is 0.900. The Bertz CT molecular complexity index is 145. The Balaban J connectivity index is 2.58.